The van der Waals surface area contributed by atoms with Crippen LogP contribution in [0.2, 0.25) is 0 Å². The molecule has 31 heavy (non-hydrogen) atoms. The number of methoxy groups -OCH3 is 1. The Morgan fingerprint density at radius 3 is 2.55 bits per heavy atom. The molecule has 0 aliphatic rings. The Morgan fingerprint density at radius 2 is 1.81 bits per heavy atom. The van der Waals surface area contributed by atoms with Gasteiger partial charge in [0.2, 0.25) is 0 Å². The molecule has 0 spiro atoms. The van der Waals surface area contributed by atoms with Gasteiger partial charge in [0.1, 0.15) is 5.75 Å². The fraction of sp³-hybridized carbons (Fsp3) is 0.192. The van der Waals surface area contributed by atoms with Crippen molar-refractivity contribution in [2.75, 3.05) is 32.6 Å². The monoisotopic (exact) mass is 413 g/mol. The quantitative estimate of drug-likeness (QED) is 0.457. The molecular formula is C26H27N3O2. The predicted molar refractivity (Wildman–Crippen MR) is 126 cm³/mol. The van der Waals surface area contributed by atoms with Crippen LogP contribution in [0.4, 0.5) is 5.69 Å². The van der Waals surface area contributed by atoms with Gasteiger partial charge in [-0.2, -0.15) is 0 Å². The summed E-state index contributed by atoms with van der Waals surface area (Å²) in [5.41, 5.74) is 5.01. The molecule has 158 valence electrons. The van der Waals surface area contributed by atoms with Gasteiger partial charge in [-0.3, -0.25) is 4.79 Å². The van der Waals surface area contributed by atoms with E-state index >= 15 is 0 Å². The molecule has 1 aromatic heterocycles. The minimum Gasteiger partial charge on any atom is -0.497 e. The van der Waals surface area contributed by atoms with E-state index in [1.807, 2.05) is 73.7 Å². The van der Waals surface area contributed by atoms with Crippen molar-refractivity contribution in [1.82, 2.24) is 10.3 Å². The third kappa shape index (κ3) is 4.40. The Balaban J connectivity index is 1.63. The van der Waals surface area contributed by atoms with E-state index in [-0.39, 0.29) is 11.8 Å². The maximum Gasteiger partial charge on any atom is 0.251 e. The number of carbonyl (C=O) groups excluding carboxylic acids is 1. The molecule has 1 amide bonds. The van der Waals surface area contributed by atoms with Gasteiger partial charge in [-0.25, -0.2) is 0 Å². The highest BCUT2D eigenvalue weighted by atomic mass is 16.5. The van der Waals surface area contributed by atoms with E-state index < -0.39 is 0 Å². The highest BCUT2D eigenvalue weighted by molar-refractivity contribution is 5.95. The number of nitrogens with one attached hydrogen (secondary N) is 2. The molecular weight excluding hydrogens is 386 g/mol. The third-order valence-electron chi connectivity index (χ3n) is 5.61. The molecule has 0 bridgehead atoms. The average Bonchev–Trinajstić information content (AvgIpc) is 3.23. The lowest BCUT2D eigenvalue weighted by Gasteiger charge is -2.19. The Kier molecular flexibility index (Phi) is 5.94. The molecule has 4 rings (SSSR count). The molecule has 0 aliphatic heterocycles. The molecule has 1 unspecified atom stereocenters. The number of H-pyrrole nitrogens is 1. The molecule has 5 heteroatoms. The highest BCUT2D eigenvalue weighted by Crippen LogP contribution is 2.31. The molecule has 0 aliphatic carbocycles. The fourth-order valence-electron chi connectivity index (χ4n) is 3.85. The van der Waals surface area contributed by atoms with E-state index in [1.165, 1.54) is 0 Å². The van der Waals surface area contributed by atoms with Crippen LogP contribution in [0.1, 0.15) is 27.4 Å². The second-order valence-electron chi connectivity index (χ2n) is 7.77. The molecule has 0 radical (unpaired) electrons. The van der Waals surface area contributed by atoms with Gasteiger partial charge >= 0.3 is 0 Å². The SMILES string of the molecule is COc1ccc(C(CNC(=O)c2cccc(N(C)C)c2)c2c[nH]c3ccccc23)cc1. The van der Waals surface area contributed by atoms with Gasteiger partial charge in [0.05, 0.1) is 7.11 Å². The summed E-state index contributed by atoms with van der Waals surface area (Å²) >= 11 is 0. The average molecular weight is 414 g/mol. The minimum atomic E-state index is -0.0814. The molecule has 0 saturated carbocycles. The Morgan fingerprint density at radius 1 is 1.03 bits per heavy atom. The number of amides is 1. The first kappa shape index (κ1) is 20.5. The topological polar surface area (TPSA) is 57.4 Å². The molecule has 0 fully saturated rings. The summed E-state index contributed by atoms with van der Waals surface area (Å²) in [5.74, 6) is 0.732. The molecule has 3 aromatic carbocycles. The Bertz CT molecular complexity index is 1180. The van der Waals surface area contributed by atoms with Crippen LogP contribution in [0, 0.1) is 0 Å². The highest BCUT2D eigenvalue weighted by Gasteiger charge is 2.20. The Hall–Kier alpha value is -3.73. The first-order chi connectivity index (χ1) is 15.1. The second kappa shape index (κ2) is 8.96. The van der Waals surface area contributed by atoms with Crippen LogP contribution in [0.3, 0.4) is 0 Å². The smallest absolute Gasteiger partial charge is 0.251 e. The van der Waals surface area contributed by atoms with E-state index in [0.29, 0.717) is 12.1 Å². The number of hydrogen-bond acceptors (Lipinski definition) is 3. The molecule has 2 N–H and O–H groups in total. The number of hydrogen-bond donors (Lipinski definition) is 2. The van der Waals surface area contributed by atoms with Crippen molar-refractivity contribution in [3.63, 3.8) is 0 Å². The number of carbonyl (C=O) groups is 1. The predicted octanol–water partition coefficient (Wildman–Crippen LogP) is 4.80. The number of aromatic amines is 1. The van der Waals surface area contributed by atoms with Crippen LogP contribution in [0.25, 0.3) is 10.9 Å². The van der Waals surface area contributed by atoms with Crippen LogP contribution in [-0.2, 0) is 0 Å². The first-order valence-corrected chi connectivity index (χ1v) is 10.3. The van der Waals surface area contributed by atoms with Crippen molar-refractivity contribution >= 4 is 22.5 Å². The number of rotatable bonds is 7. The summed E-state index contributed by atoms with van der Waals surface area (Å²) < 4.78 is 5.32. The van der Waals surface area contributed by atoms with Crippen LogP contribution in [0.5, 0.6) is 5.75 Å². The normalized spacial score (nSPS) is 11.8. The van der Waals surface area contributed by atoms with Crippen molar-refractivity contribution in [3.05, 3.63) is 95.7 Å². The van der Waals surface area contributed by atoms with Crippen molar-refractivity contribution < 1.29 is 9.53 Å². The zero-order chi connectivity index (χ0) is 21.8. The second-order valence-corrected chi connectivity index (χ2v) is 7.77. The molecule has 4 aromatic rings. The number of ether oxygens (including phenoxy) is 1. The summed E-state index contributed by atoms with van der Waals surface area (Å²) in [6.45, 7) is 0.485. The largest absolute Gasteiger partial charge is 0.497 e. The number of para-hydroxylation sites is 1. The number of benzene rings is 3. The maximum absolute atomic E-state index is 12.9. The lowest BCUT2D eigenvalue weighted by Crippen LogP contribution is -2.29. The third-order valence-corrected chi connectivity index (χ3v) is 5.61. The van der Waals surface area contributed by atoms with Gasteiger partial charge < -0.3 is 19.9 Å². The van der Waals surface area contributed by atoms with Crippen LogP contribution >= 0.6 is 0 Å². The summed E-state index contributed by atoms with van der Waals surface area (Å²) in [4.78, 5) is 18.3. The maximum atomic E-state index is 12.9. The molecule has 1 atom stereocenters. The van der Waals surface area contributed by atoms with Crippen LogP contribution < -0.4 is 15.0 Å². The van der Waals surface area contributed by atoms with E-state index in [1.54, 1.807) is 7.11 Å². The first-order valence-electron chi connectivity index (χ1n) is 10.3. The van der Waals surface area contributed by atoms with Crippen molar-refractivity contribution in [3.8, 4) is 5.75 Å². The van der Waals surface area contributed by atoms with Gasteiger partial charge in [0.25, 0.3) is 5.91 Å². The van der Waals surface area contributed by atoms with Gasteiger partial charge in [-0.1, -0.05) is 36.4 Å². The minimum absolute atomic E-state index is 0.00281. The molecule has 0 saturated heterocycles. The summed E-state index contributed by atoms with van der Waals surface area (Å²) in [5, 5.41) is 4.30. The van der Waals surface area contributed by atoms with E-state index in [9.17, 15) is 4.79 Å². The number of aromatic nitrogens is 1. The lowest BCUT2D eigenvalue weighted by molar-refractivity contribution is 0.0952. The lowest BCUT2D eigenvalue weighted by atomic mass is 9.90. The van der Waals surface area contributed by atoms with Crippen LogP contribution in [0.15, 0.2) is 79.0 Å². The van der Waals surface area contributed by atoms with E-state index in [0.717, 1.165) is 33.5 Å². The van der Waals surface area contributed by atoms with Crippen LogP contribution in [-0.4, -0.2) is 38.6 Å². The van der Waals surface area contributed by atoms with Crippen molar-refractivity contribution in [1.29, 1.82) is 0 Å². The molecule has 5 nitrogen and oxygen atoms in total. The van der Waals surface area contributed by atoms with Crippen molar-refractivity contribution in [2.45, 2.75) is 5.92 Å². The Labute approximate surface area is 182 Å². The zero-order valence-electron chi connectivity index (χ0n) is 18.1. The van der Waals surface area contributed by atoms with Gasteiger partial charge in [0.15, 0.2) is 0 Å². The number of nitrogens with zero attached hydrogens (tertiary/aromatic N) is 1. The zero-order valence-corrected chi connectivity index (χ0v) is 18.1. The summed E-state index contributed by atoms with van der Waals surface area (Å²) in [6.07, 6.45) is 2.04. The van der Waals surface area contributed by atoms with E-state index in [4.69, 9.17) is 4.74 Å². The number of anilines is 1. The van der Waals surface area contributed by atoms with Gasteiger partial charge in [0, 0.05) is 54.9 Å². The van der Waals surface area contributed by atoms with Gasteiger partial charge in [-0.05, 0) is 47.5 Å². The number of fused-ring (bicyclic) bond motifs is 1. The van der Waals surface area contributed by atoms with Crippen molar-refractivity contribution in [2.24, 2.45) is 0 Å². The van der Waals surface area contributed by atoms with Gasteiger partial charge in [-0.15, -0.1) is 0 Å². The fourth-order valence-corrected chi connectivity index (χ4v) is 3.85. The molecule has 1 heterocycles. The standard InChI is InChI=1S/C26H27N3O2/c1-29(2)20-8-6-7-19(15-20)26(30)28-16-23(18-11-13-21(31-3)14-12-18)24-17-27-25-10-5-4-9-22(24)25/h4-15,17,23,27H,16H2,1-3H3,(H,28,30). The summed E-state index contributed by atoms with van der Waals surface area (Å²) in [7, 11) is 5.59. The van der Waals surface area contributed by atoms with E-state index in [2.05, 4.69) is 34.6 Å². The summed E-state index contributed by atoms with van der Waals surface area (Å²) in [6, 6.07) is 23.9.